The van der Waals surface area contributed by atoms with Gasteiger partial charge >= 0.3 is 5.97 Å². The fourth-order valence-electron chi connectivity index (χ4n) is 3.43. The molecule has 0 aliphatic heterocycles. The molecule has 2 aromatic carbocycles. The highest BCUT2D eigenvalue weighted by molar-refractivity contribution is 6.09. The molecule has 0 saturated carbocycles. The van der Waals surface area contributed by atoms with E-state index >= 15 is 0 Å². The minimum Gasteiger partial charge on any atom is -0.496 e. The first-order valence-electron chi connectivity index (χ1n) is 10.1. The molecular formula is C25H24N2O6. The first-order chi connectivity index (χ1) is 16.0. The summed E-state index contributed by atoms with van der Waals surface area (Å²) in [4.78, 5) is 25.0. The molecule has 0 amide bonds. The number of nitrogens with zero attached hydrogens (tertiary/aromatic N) is 2. The molecule has 3 aromatic rings. The predicted octanol–water partition coefficient (Wildman–Crippen LogP) is 4.02. The molecular weight excluding hydrogens is 424 g/mol. The number of para-hydroxylation sites is 1. The number of rotatable bonds is 10. The van der Waals surface area contributed by atoms with Crippen LogP contribution in [0, 0.1) is 11.3 Å². The van der Waals surface area contributed by atoms with Gasteiger partial charge in [0.15, 0.2) is 18.1 Å². The van der Waals surface area contributed by atoms with Gasteiger partial charge in [0.2, 0.25) is 5.78 Å². The topological polar surface area (TPSA) is 99.8 Å². The Morgan fingerprint density at radius 2 is 1.73 bits per heavy atom. The summed E-state index contributed by atoms with van der Waals surface area (Å²) in [5.74, 6) is 0.460. The van der Waals surface area contributed by atoms with Crippen molar-refractivity contribution >= 4 is 28.7 Å². The average Bonchev–Trinajstić information content (AvgIpc) is 3.22. The zero-order valence-corrected chi connectivity index (χ0v) is 18.7. The molecule has 0 bridgehead atoms. The lowest BCUT2D eigenvalue weighted by molar-refractivity contribution is -0.136. The van der Waals surface area contributed by atoms with Gasteiger partial charge in [0.1, 0.15) is 5.75 Å². The minimum atomic E-state index is -0.673. The fraction of sp³-hybridized carbons (Fsp3) is 0.240. The standard InChI is InChI=1S/C25H24N2O6/c1-30-22-14-24(32-3)23(31-2)13-17(22)9-10-25(29)33-16-21(28)19-15-27(12-6-11-26)20-8-5-4-7-18(19)20/h4-5,7-10,13-15H,6,12,16H2,1-3H3/b10-9+. The molecule has 0 aliphatic rings. The van der Waals surface area contributed by atoms with E-state index in [2.05, 4.69) is 6.07 Å². The van der Waals surface area contributed by atoms with E-state index in [1.165, 1.54) is 33.5 Å². The van der Waals surface area contributed by atoms with E-state index < -0.39 is 12.6 Å². The monoisotopic (exact) mass is 448 g/mol. The lowest BCUT2D eigenvalue weighted by Gasteiger charge is -2.12. The van der Waals surface area contributed by atoms with Gasteiger partial charge in [-0.3, -0.25) is 4.79 Å². The Bertz CT molecular complexity index is 1240. The number of ketones is 1. The summed E-state index contributed by atoms with van der Waals surface area (Å²) in [6, 6.07) is 12.8. The van der Waals surface area contributed by atoms with Crippen LogP contribution < -0.4 is 14.2 Å². The van der Waals surface area contributed by atoms with Crippen LogP contribution in [0.4, 0.5) is 0 Å². The third-order valence-corrected chi connectivity index (χ3v) is 5.03. The third-order valence-electron chi connectivity index (χ3n) is 5.03. The number of hydrogen-bond donors (Lipinski definition) is 0. The number of ether oxygens (including phenoxy) is 4. The molecule has 0 unspecified atom stereocenters. The van der Waals surface area contributed by atoms with Crippen molar-refractivity contribution in [2.24, 2.45) is 0 Å². The van der Waals surface area contributed by atoms with Crippen LogP contribution in [0.15, 0.2) is 48.7 Å². The largest absolute Gasteiger partial charge is 0.496 e. The molecule has 8 heteroatoms. The molecule has 0 N–H and O–H groups in total. The Kier molecular flexibility index (Phi) is 7.71. The number of methoxy groups -OCH3 is 3. The van der Waals surface area contributed by atoms with Gasteiger partial charge in [-0.05, 0) is 18.2 Å². The van der Waals surface area contributed by atoms with Crippen LogP contribution in [0.1, 0.15) is 22.3 Å². The summed E-state index contributed by atoms with van der Waals surface area (Å²) in [6.45, 7) is 0.0679. The number of carbonyl (C=O) groups is 2. The molecule has 8 nitrogen and oxygen atoms in total. The smallest absolute Gasteiger partial charge is 0.331 e. The summed E-state index contributed by atoms with van der Waals surface area (Å²) in [5.41, 5.74) is 1.88. The summed E-state index contributed by atoms with van der Waals surface area (Å²) < 4.78 is 22.9. The zero-order chi connectivity index (χ0) is 23.8. The van der Waals surface area contributed by atoms with Gasteiger partial charge in [0.25, 0.3) is 0 Å². The molecule has 0 saturated heterocycles. The Morgan fingerprint density at radius 3 is 2.42 bits per heavy atom. The number of nitriles is 1. The fourth-order valence-corrected chi connectivity index (χ4v) is 3.43. The molecule has 170 valence electrons. The maximum Gasteiger partial charge on any atom is 0.331 e. The van der Waals surface area contributed by atoms with E-state index in [0.717, 1.165) is 10.9 Å². The Balaban J connectivity index is 1.71. The number of carbonyl (C=O) groups excluding carboxylic acids is 2. The first kappa shape index (κ1) is 23.4. The van der Waals surface area contributed by atoms with E-state index in [1.807, 2.05) is 28.8 Å². The molecule has 3 rings (SSSR count). The number of aromatic nitrogens is 1. The van der Waals surface area contributed by atoms with E-state index in [-0.39, 0.29) is 5.78 Å². The van der Waals surface area contributed by atoms with Gasteiger partial charge in [0.05, 0.1) is 33.8 Å². The van der Waals surface area contributed by atoms with Crippen LogP contribution in [0.25, 0.3) is 17.0 Å². The number of esters is 1. The second-order valence-corrected chi connectivity index (χ2v) is 6.97. The van der Waals surface area contributed by atoms with Gasteiger partial charge in [0, 0.05) is 46.9 Å². The second-order valence-electron chi connectivity index (χ2n) is 6.97. The maximum absolute atomic E-state index is 12.7. The Hall–Kier alpha value is -4.25. The van der Waals surface area contributed by atoms with Crippen molar-refractivity contribution in [1.82, 2.24) is 4.57 Å². The molecule has 0 fully saturated rings. The summed E-state index contributed by atoms with van der Waals surface area (Å²) in [6.07, 6.45) is 4.75. The van der Waals surface area contributed by atoms with Crippen LogP contribution in [-0.4, -0.2) is 44.3 Å². The molecule has 1 aromatic heterocycles. The number of aryl methyl sites for hydroxylation is 1. The molecule has 33 heavy (non-hydrogen) atoms. The Labute approximate surface area is 191 Å². The van der Waals surface area contributed by atoms with Crippen molar-refractivity contribution in [2.75, 3.05) is 27.9 Å². The van der Waals surface area contributed by atoms with Crippen molar-refractivity contribution in [2.45, 2.75) is 13.0 Å². The summed E-state index contributed by atoms with van der Waals surface area (Å²) in [5, 5.41) is 9.62. The molecule has 0 radical (unpaired) electrons. The Morgan fingerprint density at radius 1 is 1.03 bits per heavy atom. The van der Waals surface area contributed by atoms with Gasteiger partial charge < -0.3 is 23.5 Å². The molecule has 1 heterocycles. The lowest BCUT2D eigenvalue weighted by atomic mass is 10.1. The SMILES string of the molecule is COc1cc(OC)c(OC)cc1/C=C/C(=O)OCC(=O)c1cn(CCC#N)c2ccccc12. The third kappa shape index (κ3) is 5.33. The highest BCUT2D eigenvalue weighted by atomic mass is 16.5. The first-order valence-corrected chi connectivity index (χ1v) is 10.1. The highest BCUT2D eigenvalue weighted by Gasteiger charge is 2.16. The van der Waals surface area contributed by atoms with Crippen LogP contribution >= 0.6 is 0 Å². The van der Waals surface area contributed by atoms with Crippen molar-refractivity contribution in [1.29, 1.82) is 5.26 Å². The van der Waals surface area contributed by atoms with Crippen LogP contribution in [0.3, 0.4) is 0 Å². The van der Waals surface area contributed by atoms with E-state index in [0.29, 0.717) is 41.3 Å². The zero-order valence-electron chi connectivity index (χ0n) is 18.7. The van der Waals surface area contributed by atoms with Gasteiger partial charge in [-0.25, -0.2) is 4.79 Å². The van der Waals surface area contributed by atoms with Gasteiger partial charge in [-0.2, -0.15) is 5.26 Å². The highest BCUT2D eigenvalue weighted by Crippen LogP contribution is 2.35. The normalized spacial score (nSPS) is 10.7. The quantitative estimate of drug-likeness (QED) is 0.262. The maximum atomic E-state index is 12.7. The summed E-state index contributed by atoms with van der Waals surface area (Å²) >= 11 is 0. The lowest BCUT2D eigenvalue weighted by Crippen LogP contribution is -2.12. The van der Waals surface area contributed by atoms with Crippen LogP contribution in [0.2, 0.25) is 0 Å². The number of hydrogen-bond acceptors (Lipinski definition) is 7. The number of benzene rings is 2. The van der Waals surface area contributed by atoms with E-state index in [1.54, 1.807) is 18.3 Å². The molecule has 0 atom stereocenters. The number of fused-ring (bicyclic) bond motifs is 1. The van der Waals surface area contributed by atoms with Crippen molar-refractivity contribution in [3.8, 4) is 23.3 Å². The van der Waals surface area contributed by atoms with Gasteiger partial charge in [-0.15, -0.1) is 0 Å². The molecule has 0 spiro atoms. The van der Waals surface area contributed by atoms with Crippen molar-refractivity contribution < 1.29 is 28.5 Å². The minimum absolute atomic E-state index is 0.325. The average molecular weight is 448 g/mol. The van der Waals surface area contributed by atoms with Crippen molar-refractivity contribution in [3.63, 3.8) is 0 Å². The van der Waals surface area contributed by atoms with E-state index in [9.17, 15) is 9.59 Å². The molecule has 0 aliphatic carbocycles. The van der Waals surface area contributed by atoms with Crippen LogP contribution in [-0.2, 0) is 16.1 Å². The van der Waals surface area contributed by atoms with Crippen molar-refractivity contribution in [3.05, 3.63) is 59.8 Å². The van der Waals surface area contributed by atoms with E-state index in [4.69, 9.17) is 24.2 Å². The van der Waals surface area contributed by atoms with Gasteiger partial charge in [-0.1, -0.05) is 18.2 Å². The summed E-state index contributed by atoms with van der Waals surface area (Å²) in [7, 11) is 4.53. The predicted molar refractivity (Wildman–Crippen MR) is 123 cm³/mol. The second kappa shape index (κ2) is 10.9. The number of Topliss-reactive ketones (excluding diaryl/α,β-unsaturated/α-hetero) is 1. The van der Waals surface area contributed by atoms with Crippen LogP contribution in [0.5, 0.6) is 17.2 Å².